The molecule has 0 rings (SSSR count). The molecular weight excluding hydrogens is 360 g/mol. The van der Waals surface area contributed by atoms with Crippen LogP contribution >= 0.6 is 0 Å². The van der Waals surface area contributed by atoms with Gasteiger partial charge in [-0.1, -0.05) is 0 Å². The minimum Gasteiger partial charge on any atom is -0.394 e. The number of ether oxygens (including phenoxy) is 5. The van der Waals surface area contributed by atoms with E-state index in [1.54, 1.807) is 0 Å². The Morgan fingerprint density at radius 2 is 0.593 bits per heavy atom. The third-order valence-electron chi connectivity index (χ3n) is 2.13. The molecule has 0 aromatic carbocycles. The van der Waals surface area contributed by atoms with Crippen molar-refractivity contribution in [1.29, 1.82) is 0 Å². The molecule has 0 aromatic heterocycles. The summed E-state index contributed by atoms with van der Waals surface area (Å²) in [6.07, 6.45) is 0. The monoisotopic (exact) mass is 404 g/mol. The fourth-order valence-corrected chi connectivity index (χ4v) is 1.09. The Kier molecular flexibility index (Phi) is 56.7. The molecule has 0 atom stereocenters. The van der Waals surface area contributed by atoms with E-state index in [-0.39, 0.29) is 26.4 Å². The zero-order chi connectivity index (χ0) is 21.4. The first-order chi connectivity index (χ1) is 13.2. The summed E-state index contributed by atoms with van der Waals surface area (Å²) in [6, 6.07) is 0. The molecule has 0 aliphatic carbocycles. The highest BCUT2D eigenvalue weighted by Gasteiger charge is 1.86. The molecule has 0 amide bonds. The van der Waals surface area contributed by atoms with Crippen LogP contribution in [0.15, 0.2) is 0 Å². The first-order valence-corrected chi connectivity index (χ1v) is 9.48. The maximum Gasteiger partial charge on any atom is 0.0701 e. The van der Waals surface area contributed by atoms with E-state index in [0.717, 1.165) is 26.4 Å². The summed E-state index contributed by atoms with van der Waals surface area (Å²) < 4.78 is 24.0. The van der Waals surface area contributed by atoms with Gasteiger partial charge in [0.15, 0.2) is 0 Å². The second-order valence-electron chi connectivity index (χ2n) is 4.29. The van der Waals surface area contributed by atoms with Gasteiger partial charge in [-0.25, -0.2) is 0 Å². The van der Waals surface area contributed by atoms with Crippen LogP contribution in [0.5, 0.6) is 0 Å². The van der Waals surface area contributed by atoms with E-state index >= 15 is 0 Å². The maximum absolute atomic E-state index is 8.26. The lowest BCUT2D eigenvalue weighted by Crippen LogP contribution is -2.09. The molecule has 0 aliphatic heterocycles. The van der Waals surface area contributed by atoms with Gasteiger partial charge < -0.3 is 44.1 Å². The quantitative estimate of drug-likeness (QED) is 0.281. The Balaban J connectivity index is -0.000000137. The lowest BCUT2D eigenvalue weighted by molar-refractivity contribution is 0.0222. The second kappa shape index (κ2) is 44.8. The van der Waals surface area contributed by atoms with E-state index in [2.05, 4.69) is 4.74 Å². The largest absolute Gasteiger partial charge is 0.394 e. The topological polar surface area (TPSA) is 127 Å². The van der Waals surface area contributed by atoms with E-state index in [0.29, 0.717) is 39.6 Å². The summed E-state index contributed by atoms with van der Waals surface area (Å²) in [7, 11) is 0. The molecule has 0 aromatic rings. The zero-order valence-electron chi connectivity index (χ0n) is 17.7. The van der Waals surface area contributed by atoms with Crippen molar-refractivity contribution in [2.75, 3.05) is 92.5 Å². The predicted octanol–water partition coefficient (Wildman–Crippen LogP) is 0.0774. The van der Waals surface area contributed by atoms with Crippen LogP contribution in [-0.4, -0.2) is 113 Å². The molecule has 0 radical (unpaired) electrons. The summed E-state index contributed by atoms with van der Waals surface area (Å²) in [5.41, 5.74) is 0. The van der Waals surface area contributed by atoms with E-state index in [9.17, 15) is 0 Å². The van der Waals surface area contributed by atoms with Crippen LogP contribution in [0.1, 0.15) is 27.7 Å². The van der Waals surface area contributed by atoms with Crippen molar-refractivity contribution >= 4 is 0 Å². The molecule has 0 bridgehead atoms. The normalized spacial score (nSPS) is 9.33. The first kappa shape index (κ1) is 34.2. The number of hydrogen-bond acceptors (Lipinski definition) is 9. The molecule has 0 fully saturated rings. The van der Waals surface area contributed by atoms with Crippen molar-refractivity contribution in [2.45, 2.75) is 27.7 Å². The highest BCUT2D eigenvalue weighted by atomic mass is 16.5. The van der Waals surface area contributed by atoms with Gasteiger partial charge in [-0.15, -0.1) is 0 Å². The SMILES string of the molecule is CCOCC.CCOCC.OCCOCCO.OCCOCCOCCO. The molecule has 0 heterocycles. The number of hydrogen-bond donors (Lipinski definition) is 4. The van der Waals surface area contributed by atoms with Gasteiger partial charge in [0.2, 0.25) is 0 Å². The van der Waals surface area contributed by atoms with Gasteiger partial charge in [0.05, 0.1) is 66.1 Å². The average Bonchev–Trinajstić information content (AvgIpc) is 2.68. The van der Waals surface area contributed by atoms with Crippen LogP contribution in [0.2, 0.25) is 0 Å². The highest BCUT2D eigenvalue weighted by molar-refractivity contribution is 4.30. The lowest BCUT2D eigenvalue weighted by Gasteiger charge is -2.01. The van der Waals surface area contributed by atoms with Crippen LogP contribution in [0.4, 0.5) is 0 Å². The molecule has 9 nitrogen and oxygen atoms in total. The smallest absolute Gasteiger partial charge is 0.0701 e. The van der Waals surface area contributed by atoms with Crippen LogP contribution in [-0.2, 0) is 23.7 Å². The molecule has 170 valence electrons. The fraction of sp³-hybridized carbons (Fsp3) is 1.00. The average molecular weight is 405 g/mol. The maximum atomic E-state index is 8.26. The molecule has 0 unspecified atom stereocenters. The molecule has 4 N–H and O–H groups in total. The van der Waals surface area contributed by atoms with Crippen molar-refractivity contribution in [3.63, 3.8) is 0 Å². The Hall–Kier alpha value is -0.360. The standard InChI is InChI=1S/C6H14O4.C4H10O3.2C4H10O/c7-1-3-9-5-6-10-4-2-8;5-1-3-7-4-2-6;2*1-3-5-4-2/h7-8H,1-6H2;5-6H,1-4H2;2*3-4H2,1-2H3. The molecule has 0 saturated carbocycles. The van der Waals surface area contributed by atoms with Crippen molar-refractivity contribution in [2.24, 2.45) is 0 Å². The van der Waals surface area contributed by atoms with Gasteiger partial charge in [0.1, 0.15) is 0 Å². The van der Waals surface area contributed by atoms with E-state index in [1.165, 1.54) is 0 Å². The minimum atomic E-state index is 0.0278. The summed E-state index contributed by atoms with van der Waals surface area (Å²) in [4.78, 5) is 0. The Morgan fingerprint density at radius 3 is 0.741 bits per heavy atom. The third-order valence-corrected chi connectivity index (χ3v) is 2.13. The van der Waals surface area contributed by atoms with Gasteiger partial charge in [0, 0.05) is 26.4 Å². The summed E-state index contributed by atoms with van der Waals surface area (Å²) in [6.45, 7) is 13.8. The Labute approximate surface area is 165 Å². The Bertz CT molecular complexity index is 164. The molecule has 0 aliphatic rings. The van der Waals surface area contributed by atoms with Crippen molar-refractivity contribution in [3.8, 4) is 0 Å². The lowest BCUT2D eigenvalue weighted by atomic mass is 10.7. The summed E-state index contributed by atoms with van der Waals surface area (Å²) in [5.74, 6) is 0. The number of rotatable bonds is 15. The molecule has 0 spiro atoms. The summed E-state index contributed by atoms with van der Waals surface area (Å²) >= 11 is 0. The van der Waals surface area contributed by atoms with Crippen molar-refractivity contribution < 1.29 is 44.1 Å². The predicted molar refractivity (Wildman–Crippen MR) is 105 cm³/mol. The highest BCUT2D eigenvalue weighted by Crippen LogP contribution is 1.76. The molecule has 0 saturated heterocycles. The third kappa shape index (κ3) is 66.9. The van der Waals surface area contributed by atoms with Gasteiger partial charge in [-0.3, -0.25) is 0 Å². The van der Waals surface area contributed by atoms with Crippen LogP contribution in [0.3, 0.4) is 0 Å². The van der Waals surface area contributed by atoms with Crippen LogP contribution < -0.4 is 0 Å². The molecular formula is C18H44O9. The van der Waals surface area contributed by atoms with E-state index in [1.807, 2.05) is 27.7 Å². The minimum absolute atomic E-state index is 0.0278. The van der Waals surface area contributed by atoms with Crippen molar-refractivity contribution in [3.05, 3.63) is 0 Å². The van der Waals surface area contributed by atoms with Crippen LogP contribution in [0.25, 0.3) is 0 Å². The number of aliphatic hydroxyl groups excluding tert-OH is 4. The second-order valence-corrected chi connectivity index (χ2v) is 4.29. The van der Waals surface area contributed by atoms with Crippen LogP contribution in [0, 0.1) is 0 Å². The zero-order valence-corrected chi connectivity index (χ0v) is 17.7. The van der Waals surface area contributed by atoms with E-state index < -0.39 is 0 Å². The van der Waals surface area contributed by atoms with E-state index in [4.69, 9.17) is 39.4 Å². The Morgan fingerprint density at radius 1 is 0.370 bits per heavy atom. The molecule has 27 heavy (non-hydrogen) atoms. The van der Waals surface area contributed by atoms with Crippen molar-refractivity contribution in [1.82, 2.24) is 0 Å². The van der Waals surface area contributed by atoms with Gasteiger partial charge in [-0.05, 0) is 27.7 Å². The summed E-state index contributed by atoms with van der Waals surface area (Å²) in [5, 5.41) is 32.7. The number of aliphatic hydroxyl groups is 4. The van der Waals surface area contributed by atoms with Gasteiger partial charge in [-0.2, -0.15) is 0 Å². The fourth-order valence-electron chi connectivity index (χ4n) is 1.09. The van der Waals surface area contributed by atoms with Gasteiger partial charge >= 0.3 is 0 Å². The first-order valence-electron chi connectivity index (χ1n) is 9.48. The molecule has 9 heteroatoms. The van der Waals surface area contributed by atoms with Gasteiger partial charge in [0.25, 0.3) is 0 Å².